The van der Waals surface area contributed by atoms with Gasteiger partial charge in [0.1, 0.15) is 5.75 Å². The Morgan fingerprint density at radius 2 is 1.69 bits per heavy atom. The maximum Gasteiger partial charge on any atom is 0.274 e. The number of nitrogens with zero attached hydrogens (tertiary/aromatic N) is 5. The second-order valence-electron chi connectivity index (χ2n) is 10.1. The van der Waals surface area contributed by atoms with Gasteiger partial charge >= 0.3 is 0 Å². The van der Waals surface area contributed by atoms with E-state index in [1.165, 1.54) is 0 Å². The average Bonchev–Trinajstić information content (AvgIpc) is 3.56. The van der Waals surface area contributed by atoms with E-state index in [0.29, 0.717) is 44.7 Å². The van der Waals surface area contributed by atoms with Gasteiger partial charge in [-0.05, 0) is 43.4 Å². The first kappa shape index (κ1) is 24.3. The van der Waals surface area contributed by atoms with Crippen molar-refractivity contribution in [2.24, 2.45) is 13.0 Å². The second-order valence-corrected chi connectivity index (χ2v) is 10.1. The van der Waals surface area contributed by atoms with Gasteiger partial charge in [-0.15, -0.1) is 0 Å². The lowest BCUT2D eigenvalue weighted by Crippen LogP contribution is -2.46. The van der Waals surface area contributed by atoms with Crippen molar-refractivity contribution in [3.05, 3.63) is 46.8 Å². The molecular formula is C27H35N5O4. The Hall–Kier alpha value is -3.36. The number of likely N-dealkylation sites (tertiary alicyclic amines) is 2. The topological polar surface area (TPSA) is 88.0 Å². The molecule has 0 aliphatic carbocycles. The molecule has 1 atom stereocenters. The van der Waals surface area contributed by atoms with Gasteiger partial charge in [0.25, 0.3) is 5.91 Å². The Morgan fingerprint density at radius 1 is 0.972 bits per heavy atom. The van der Waals surface area contributed by atoms with E-state index < -0.39 is 0 Å². The van der Waals surface area contributed by atoms with E-state index >= 15 is 0 Å². The van der Waals surface area contributed by atoms with E-state index in [0.717, 1.165) is 61.3 Å². The largest absolute Gasteiger partial charge is 0.497 e. The van der Waals surface area contributed by atoms with E-state index in [4.69, 9.17) is 4.74 Å². The van der Waals surface area contributed by atoms with Crippen molar-refractivity contribution in [3.63, 3.8) is 0 Å². The van der Waals surface area contributed by atoms with Crippen LogP contribution in [0.2, 0.25) is 0 Å². The standard InChI is InChI=1S/C27H35N5O4/c1-29-23-11-15-31(24(33)16-19-7-9-21(36-2)10-8-19)18-22(23)25(28-29)27(35)32-14-5-6-20(17-32)26(34)30-12-3-4-13-30/h7-10,20H,3-6,11-18H2,1-2H3/t20-/m0/s1. The summed E-state index contributed by atoms with van der Waals surface area (Å²) in [4.78, 5) is 45.2. The molecule has 0 unspecified atom stereocenters. The Bertz CT molecular complexity index is 1140. The highest BCUT2D eigenvalue weighted by Crippen LogP contribution is 2.27. The Balaban J connectivity index is 1.28. The molecule has 0 saturated carbocycles. The molecule has 3 amide bonds. The van der Waals surface area contributed by atoms with Gasteiger partial charge in [-0.3, -0.25) is 19.1 Å². The normalized spacial score (nSPS) is 19.8. The summed E-state index contributed by atoms with van der Waals surface area (Å²) >= 11 is 0. The van der Waals surface area contributed by atoms with Crippen molar-refractivity contribution in [3.8, 4) is 5.75 Å². The fourth-order valence-corrected chi connectivity index (χ4v) is 5.72. The summed E-state index contributed by atoms with van der Waals surface area (Å²) in [6.45, 7) is 3.72. The first-order valence-corrected chi connectivity index (χ1v) is 13.0. The molecule has 1 aromatic carbocycles. The number of methoxy groups -OCH3 is 1. The summed E-state index contributed by atoms with van der Waals surface area (Å²) in [7, 11) is 3.48. The summed E-state index contributed by atoms with van der Waals surface area (Å²) < 4.78 is 6.98. The summed E-state index contributed by atoms with van der Waals surface area (Å²) in [5.41, 5.74) is 3.19. The third-order valence-corrected chi connectivity index (χ3v) is 7.79. The van der Waals surface area contributed by atoms with Crippen molar-refractivity contribution in [2.45, 2.75) is 45.1 Å². The molecule has 5 rings (SSSR count). The quantitative estimate of drug-likeness (QED) is 0.636. The Labute approximate surface area is 212 Å². The lowest BCUT2D eigenvalue weighted by atomic mass is 9.95. The van der Waals surface area contributed by atoms with Gasteiger partial charge < -0.3 is 19.4 Å². The van der Waals surface area contributed by atoms with E-state index in [9.17, 15) is 14.4 Å². The molecule has 192 valence electrons. The molecular weight excluding hydrogens is 458 g/mol. The predicted octanol–water partition coefficient (Wildman–Crippen LogP) is 2.03. The first-order valence-electron chi connectivity index (χ1n) is 13.0. The van der Waals surface area contributed by atoms with Crippen molar-refractivity contribution in [1.29, 1.82) is 0 Å². The van der Waals surface area contributed by atoms with E-state index in [1.807, 2.05) is 41.1 Å². The van der Waals surface area contributed by atoms with Gasteiger partial charge in [0, 0.05) is 64.0 Å². The third kappa shape index (κ3) is 4.83. The SMILES string of the molecule is COc1ccc(CC(=O)N2CCc3c(c(C(=O)N4CCC[C@H](C(=O)N5CCCC5)C4)nn3C)C2)cc1. The zero-order chi connectivity index (χ0) is 25.2. The number of ether oxygens (including phenoxy) is 1. The zero-order valence-electron chi connectivity index (χ0n) is 21.2. The number of fused-ring (bicyclic) bond motifs is 1. The molecule has 4 heterocycles. The van der Waals surface area contributed by atoms with Gasteiger partial charge in [0.05, 0.1) is 19.4 Å². The monoisotopic (exact) mass is 493 g/mol. The van der Waals surface area contributed by atoms with Crippen LogP contribution in [0.4, 0.5) is 0 Å². The van der Waals surface area contributed by atoms with Crippen LogP contribution in [0, 0.1) is 5.92 Å². The number of rotatable bonds is 5. The Morgan fingerprint density at radius 3 is 2.42 bits per heavy atom. The van der Waals surface area contributed by atoms with Crippen LogP contribution in [-0.2, 0) is 36.0 Å². The van der Waals surface area contributed by atoms with Crippen LogP contribution in [-0.4, -0.2) is 82.0 Å². The summed E-state index contributed by atoms with van der Waals surface area (Å²) in [5.74, 6) is 0.707. The van der Waals surface area contributed by atoms with Crippen LogP contribution in [0.1, 0.15) is 53.0 Å². The molecule has 9 heteroatoms. The second kappa shape index (κ2) is 10.3. The summed E-state index contributed by atoms with van der Waals surface area (Å²) in [5, 5.41) is 4.59. The van der Waals surface area contributed by atoms with Crippen LogP contribution in [0.15, 0.2) is 24.3 Å². The van der Waals surface area contributed by atoms with Crippen LogP contribution in [0.5, 0.6) is 5.75 Å². The van der Waals surface area contributed by atoms with Crippen molar-refractivity contribution >= 4 is 17.7 Å². The van der Waals surface area contributed by atoms with E-state index in [1.54, 1.807) is 16.7 Å². The number of amides is 3. The summed E-state index contributed by atoms with van der Waals surface area (Å²) in [6, 6.07) is 7.52. The highest BCUT2D eigenvalue weighted by atomic mass is 16.5. The van der Waals surface area contributed by atoms with Crippen molar-refractivity contribution < 1.29 is 19.1 Å². The summed E-state index contributed by atoms with van der Waals surface area (Å²) in [6.07, 6.45) is 4.74. The minimum Gasteiger partial charge on any atom is -0.497 e. The van der Waals surface area contributed by atoms with Crippen LogP contribution in [0.3, 0.4) is 0 Å². The number of aromatic nitrogens is 2. The van der Waals surface area contributed by atoms with Gasteiger partial charge in [0.15, 0.2) is 5.69 Å². The molecule has 0 N–H and O–H groups in total. The molecule has 0 spiro atoms. The maximum absolute atomic E-state index is 13.6. The molecule has 36 heavy (non-hydrogen) atoms. The lowest BCUT2D eigenvalue weighted by molar-refractivity contribution is -0.136. The highest BCUT2D eigenvalue weighted by molar-refractivity contribution is 5.95. The van der Waals surface area contributed by atoms with Crippen molar-refractivity contribution in [1.82, 2.24) is 24.5 Å². The molecule has 0 radical (unpaired) electrons. The van der Waals surface area contributed by atoms with E-state index in [-0.39, 0.29) is 23.6 Å². The molecule has 3 aliphatic rings. The zero-order valence-corrected chi connectivity index (χ0v) is 21.2. The molecule has 9 nitrogen and oxygen atoms in total. The van der Waals surface area contributed by atoms with Gasteiger partial charge in [-0.2, -0.15) is 5.10 Å². The number of hydrogen-bond donors (Lipinski definition) is 0. The van der Waals surface area contributed by atoms with E-state index in [2.05, 4.69) is 5.10 Å². The highest BCUT2D eigenvalue weighted by Gasteiger charge is 2.36. The number of carbonyl (C=O) groups excluding carboxylic acids is 3. The lowest BCUT2D eigenvalue weighted by Gasteiger charge is -2.34. The molecule has 2 aromatic rings. The van der Waals surface area contributed by atoms with Crippen LogP contribution >= 0.6 is 0 Å². The minimum atomic E-state index is -0.136. The number of hydrogen-bond acceptors (Lipinski definition) is 5. The first-order chi connectivity index (χ1) is 17.4. The molecule has 3 aliphatic heterocycles. The van der Waals surface area contributed by atoms with Crippen LogP contribution in [0.25, 0.3) is 0 Å². The van der Waals surface area contributed by atoms with Crippen molar-refractivity contribution in [2.75, 3.05) is 39.8 Å². The maximum atomic E-state index is 13.6. The number of benzene rings is 1. The molecule has 2 fully saturated rings. The van der Waals surface area contributed by atoms with Gasteiger partial charge in [-0.25, -0.2) is 0 Å². The fourth-order valence-electron chi connectivity index (χ4n) is 5.72. The molecule has 1 aromatic heterocycles. The number of aryl methyl sites for hydroxylation is 1. The fraction of sp³-hybridized carbons (Fsp3) is 0.556. The third-order valence-electron chi connectivity index (χ3n) is 7.79. The molecule has 2 saturated heterocycles. The van der Waals surface area contributed by atoms with Gasteiger partial charge in [-0.1, -0.05) is 12.1 Å². The number of carbonyl (C=O) groups is 3. The average molecular weight is 494 g/mol. The molecule has 0 bridgehead atoms. The minimum absolute atomic E-state index is 0.0299. The van der Waals surface area contributed by atoms with Gasteiger partial charge in [0.2, 0.25) is 11.8 Å². The Kier molecular flexibility index (Phi) is 6.98. The predicted molar refractivity (Wildman–Crippen MR) is 133 cm³/mol. The number of piperidine rings is 1. The van der Waals surface area contributed by atoms with Crippen LogP contribution < -0.4 is 4.74 Å². The smallest absolute Gasteiger partial charge is 0.274 e.